The van der Waals surface area contributed by atoms with Gasteiger partial charge in [0.1, 0.15) is 11.6 Å². The van der Waals surface area contributed by atoms with E-state index in [-0.39, 0.29) is 0 Å². The number of anilines is 2. The van der Waals surface area contributed by atoms with Crippen molar-refractivity contribution in [3.63, 3.8) is 0 Å². The van der Waals surface area contributed by atoms with Crippen molar-refractivity contribution >= 4 is 57.8 Å². The van der Waals surface area contributed by atoms with E-state index in [1.54, 1.807) is 17.4 Å². The maximum absolute atomic E-state index is 6.23. The molecular weight excluding hydrogens is 337 g/mol. The number of nitrogens with zero attached hydrogens (tertiary/aromatic N) is 2. The lowest BCUT2D eigenvalue weighted by atomic mass is 10.3. The van der Waals surface area contributed by atoms with E-state index < -0.39 is 0 Å². The second-order valence-electron chi connectivity index (χ2n) is 4.22. The highest BCUT2D eigenvalue weighted by Gasteiger charge is 2.13. The number of hydrogen-bond donors (Lipinski definition) is 1. The molecule has 2 aromatic heterocycles. The molecule has 0 atom stereocenters. The Morgan fingerprint density at radius 1 is 1.25 bits per heavy atom. The van der Waals surface area contributed by atoms with Crippen LogP contribution in [-0.4, -0.2) is 18.6 Å². The second-order valence-corrected chi connectivity index (χ2v) is 6.83. The molecule has 108 valence electrons. The average molecular weight is 351 g/mol. The van der Waals surface area contributed by atoms with Gasteiger partial charge in [0.05, 0.1) is 20.9 Å². The summed E-state index contributed by atoms with van der Waals surface area (Å²) in [6.45, 7) is 3.43. The number of nitrogens with one attached hydrogen (secondary N) is 1. The average Bonchev–Trinajstić information content (AvgIpc) is 2.78. The minimum absolute atomic E-state index is 0.521. The summed E-state index contributed by atoms with van der Waals surface area (Å²) < 4.78 is 0.775. The first-order valence-electron chi connectivity index (χ1n) is 6.06. The molecule has 0 amide bonds. The van der Waals surface area contributed by atoms with Gasteiger partial charge in [0.25, 0.3) is 0 Å². The lowest BCUT2D eigenvalue weighted by Crippen LogP contribution is -2.18. The van der Waals surface area contributed by atoms with Gasteiger partial charge >= 0.3 is 0 Å². The highest BCUT2D eigenvalue weighted by molar-refractivity contribution is 7.16. The van der Waals surface area contributed by atoms with Gasteiger partial charge in [-0.05, 0) is 25.1 Å². The summed E-state index contributed by atoms with van der Waals surface area (Å²) in [5, 5.41) is 4.17. The molecule has 0 unspecified atom stereocenters. The van der Waals surface area contributed by atoms with Gasteiger partial charge in [0, 0.05) is 18.5 Å². The Morgan fingerprint density at radius 2 is 2.00 bits per heavy atom. The van der Waals surface area contributed by atoms with Crippen LogP contribution in [0.4, 0.5) is 11.6 Å². The van der Waals surface area contributed by atoms with E-state index in [4.69, 9.17) is 34.8 Å². The van der Waals surface area contributed by atoms with Gasteiger partial charge in [0.2, 0.25) is 0 Å². The van der Waals surface area contributed by atoms with Crippen molar-refractivity contribution in [2.24, 2.45) is 0 Å². The van der Waals surface area contributed by atoms with Gasteiger partial charge in [-0.15, -0.1) is 11.3 Å². The Labute approximate surface area is 137 Å². The fraction of sp³-hybridized carbons (Fsp3) is 0.308. The molecule has 1 N–H and O–H groups in total. The summed E-state index contributed by atoms with van der Waals surface area (Å²) >= 11 is 19.8. The molecule has 0 saturated carbocycles. The summed E-state index contributed by atoms with van der Waals surface area (Å²) in [6.07, 6.45) is 0. The molecule has 0 radical (unpaired) electrons. The summed E-state index contributed by atoms with van der Waals surface area (Å²) in [7, 11) is 1.94. The molecule has 0 bridgehead atoms. The van der Waals surface area contributed by atoms with E-state index in [1.165, 1.54) is 0 Å². The first-order valence-corrected chi connectivity index (χ1v) is 8.01. The van der Waals surface area contributed by atoms with Gasteiger partial charge in [-0.25, -0.2) is 4.98 Å². The Balaban J connectivity index is 2.24. The van der Waals surface area contributed by atoms with Crippen LogP contribution in [0.25, 0.3) is 0 Å². The lowest BCUT2D eigenvalue weighted by Gasteiger charge is -2.20. The van der Waals surface area contributed by atoms with E-state index in [9.17, 15) is 0 Å². The minimum Gasteiger partial charge on any atom is -0.369 e. The van der Waals surface area contributed by atoms with Crippen molar-refractivity contribution in [1.29, 1.82) is 0 Å². The number of halogens is 3. The monoisotopic (exact) mass is 349 g/mol. The third-order valence-corrected chi connectivity index (χ3v) is 4.42. The Bertz CT molecular complexity index is 601. The van der Waals surface area contributed by atoms with Crippen molar-refractivity contribution in [1.82, 2.24) is 4.98 Å². The Morgan fingerprint density at radius 3 is 2.60 bits per heavy atom. The molecule has 0 fully saturated rings. The smallest absolute Gasteiger partial charge is 0.150 e. The van der Waals surface area contributed by atoms with E-state index in [2.05, 4.69) is 10.3 Å². The van der Waals surface area contributed by atoms with Crippen LogP contribution in [0.1, 0.15) is 11.8 Å². The molecule has 0 saturated heterocycles. The predicted octanol–water partition coefficient (Wildman–Crippen LogP) is 5.17. The Hall–Kier alpha value is -0.680. The summed E-state index contributed by atoms with van der Waals surface area (Å²) in [6, 6.07) is 5.59. The molecule has 0 aliphatic carbocycles. The van der Waals surface area contributed by atoms with Crippen molar-refractivity contribution in [3.8, 4) is 0 Å². The van der Waals surface area contributed by atoms with Crippen LogP contribution in [0.15, 0.2) is 18.2 Å². The van der Waals surface area contributed by atoms with Crippen molar-refractivity contribution in [2.75, 3.05) is 23.8 Å². The maximum Gasteiger partial charge on any atom is 0.150 e. The zero-order chi connectivity index (χ0) is 14.7. The molecule has 20 heavy (non-hydrogen) atoms. The van der Waals surface area contributed by atoms with E-state index in [1.807, 2.05) is 31.0 Å². The lowest BCUT2D eigenvalue weighted by molar-refractivity contribution is 0.912. The largest absolute Gasteiger partial charge is 0.369 e. The quantitative estimate of drug-likeness (QED) is 0.806. The maximum atomic E-state index is 6.23. The molecule has 2 rings (SSSR count). The van der Waals surface area contributed by atoms with Gasteiger partial charge in [-0.1, -0.05) is 34.8 Å². The molecule has 0 aromatic carbocycles. The number of aromatic nitrogens is 1. The number of thiophene rings is 1. The topological polar surface area (TPSA) is 28.2 Å². The van der Waals surface area contributed by atoms with Crippen molar-refractivity contribution in [2.45, 2.75) is 13.5 Å². The van der Waals surface area contributed by atoms with Gasteiger partial charge in [0.15, 0.2) is 0 Å². The number of rotatable bonds is 5. The zero-order valence-corrected chi connectivity index (χ0v) is 14.2. The SMILES string of the molecule is CCNc1nc(N(C)Cc2ccc(Cl)s2)c(Cl)cc1Cl. The van der Waals surface area contributed by atoms with E-state index in [0.717, 1.165) is 15.8 Å². The minimum atomic E-state index is 0.521. The highest BCUT2D eigenvalue weighted by atomic mass is 35.5. The van der Waals surface area contributed by atoms with Crippen LogP contribution in [0.3, 0.4) is 0 Å². The summed E-state index contributed by atoms with van der Waals surface area (Å²) in [4.78, 5) is 7.61. The van der Waals surface area contributed by atoms with Crippen LogP contribution in [0.2, 0.25) is 14.4 Å². The highest BCUT2D eigenvalue weighted by Crippen LogP contribution is 2.32. The molecule has 2 heterocycles. The predicted molar refractivity (Wildman–Crippen MR) is 89.9 cm³/mol. The third kappa shape index (κ3) is 3.70. The molecule has 2 aromatic rings. The zero-order valence-electron chi connectivity index (χ0n) is 11.1. The van der Waals surface area contributed by atoms with Crippen LogP contribution in [0, 0.1) is 0 Å². The number of pyridine rings is 1. The van der Waals surface area contributed by atoms with Crippen molar-refractivity contribution < 1.29 is 0 Å². The standard InChI is InChI=1S/C13H14Cl3N3S/c1-3-17-12-9(14)6-10(15)13(18-12)19(2)7-8-4-5-11(16)20-8/h4-6H,3,7H2,1-2H3,(H,17,18). The Kier molecular flexibility index (Phi) is 5.38. The van der Waals surface area contributed by atoms with E-state index in [0.29, 0.717) is 28.2 Å². The third-order valence-electron chi connectivity index (χ3n) is 2.64. The fourth-order valence-electron chi connectivity index (χ4n) is 1.76. The molecule has 7 heteroatoms. The van der Waals surface area contributed by atoms with Crippen LogP contribution < -0.4 is 10.2 Å². The second kappa shape index (κ2) is 6.85. The molecule has 0 aliphatic heterocycles. The normalized spacial score (nSPS) is 10.7. The van der Waals surface area contributed by atoms with Crippen LogP contribution in [-0.2, 0) is 6.54 Å². The molecule has 0 aliphatic rings. The van der Waals surface area contributed by atoms with Crippen LogP contribution in [0.5, 0.6) is 0 Å². The first-order chi connectivity index (χ1) is 9.51. The van der Waals surface area contributed by atoms with E-state index >= 15 is 0 Å². The van der Waals surface area contributed by atoms with Crippen LogP contribution >= 0.6 is 46.1 Å². The fourth-order valence-corrected chi connectivity index (χ4v) is 3.47. The van der Waals surface area contributed by atoms with Gasteiger partial charge in [-0.2, -0.15) is 0 Å². The molecular formula is C13H14Cl3N3S. The summed E-state index contributed by atoms with van der Waals surface area (Å²) in [5.41, 5.74) is 0. The van der Waals surface area contributed by atoms with Gasteiger partial charge < -0.3 is 10.2 Å². The van der Waals surface area contributed by atoms with Gasteiger partial charge in [-0.3, -0.25) is 0 Å². The molecule has 3 nitrogen and oxygen atoms in total. The molecule has 0 spiro atoms. The first kappa shape index (κ1) is 15.7. The number of hydrogen-bond acceptors (Lipinski definition) is 4. The summed E-state index contributed by atoms with van der Waals surface area (Å²) in [5.74, 6) is 1.33. The van der Waals surface area contributed by atoms with Crippen molar-refractivity contribution in [3.05, 3.63) is 37.5 Å².